The van der Waals surface area contributed by atoms with E-state index in [2.05, 4.69) is 28.4 Å². The zero-order valence-electron chi connectivity index (χ0n) is 13.7. The molecular weight excluding hydrogens is 308 g/mol. The Bertz CT molecular complexity index is 544. The molecule has 2 heterocycles. The van der Waals surface area contributed by atoms with Crippen LogP contribution in [0.3, 0.4) is 0 Å². The lowest BCUT2D eigenvalue weighted by Crippen LogP contribution is -2.29. The number of halogens is 1. The van der Waals surface area contributed by atoms with Gasteiger partial charge in [-0.2, -0.15) is 0 Å². The molecule has 1 unspecified atom stereocenters. The molecule has 1 saturated carbocycles. The number of hydrogen-bond acceptors (Lipinski definition) is 2. The number of nitrogens with one attached hydrogen (secondary N) is 1. The highest BCUT2D eigenvalue weighted by molar-refractivity contribution is 5.94. The molecule has 1 aliphatic carbocycles. The van der Waals surface area contributed by atoms with Crippen LogP contribution in [-0.4, -0.2) is 37.0 Å². The molecule has 2 saturated heterocycles. The zero-order chi connectivity index (χ0) is 14.9. The number of rotatable bonds is 3. The smallest absolute Gasteiger partial charge is 0.253 e. The summed E-state index contributed by atoms with van der Waals surface area (Å²) in [6.07, 6.45) is 6.36. The Labute approximate surface area is 145 Å². The van der Waals surface area contributed by atoms with E-state index in [0.717, 1.165) is 55.9 Å². The van der Waals surface area contributed by atoms with E-state index in [1.807, 2.05) is 6.07 Å². The molecule has 3 aliphatic rings. The highest BCUT2D eigenvalue weighted by atomic mass is 35.5. The van der Waals surface area contributed by atoms with E-state index >= 15 is 0 Å². The largest absolute Gasteiger partial charge is 0.338 e. The topological polar surface area (TPSA) is 32.3 Å². The molecule has 3 fully saturated rings. The van der Waals surface area contributed by atoms with E-state index in [9.17, 15) is 4.79 Å². The van der Waals surface area contributed by atoms with E-state index in [1.165, 1.54) is 31.2 Å². The van der Waals surface area contributed by atoms with E-state index in [4.69, 9.17) is 0 Å². The zero-order valence-corrected chi connectivity index (χ0v) is 14.5. The summed E-state index contributed by atoms with van der Waals surface area (Å²) in [5.74, 6) is 2.53. The molecule has 23 heavy (non-hydrogen) atoms. The van der Waals surface area contributed by atoms with Crippen molar-refractivity contribution in [2.24, 2.45) is 17.8 Å². The Hall–Kier alpha value is -1.06. The standard InChI is InChI=1S/C19H26N2O.ClH/c22-19(21-12-17-5-2-6-18(17)13-21)16-4-1-3-14(10-16)9-15-7-8-20-11-15;/h1,3-4,10,15,17-18,20H,2,5-9,11-13H2;1H/t15?,17-,18+;. The van der Waals surface area contributed by atoms with Gasteiger partial charge in [0, 0.05) is 18.7 Å². The van der Waals surface area contributed by atoms with Gasteiger partial charge in [-0.3, -0.25) is 4.79 Å². The van der Waals surface area contributed by atoms with Gasteiger partial charge in [0.2, 0.25) is 0 Å². The van der Waals surface area contributed by atoms with Gasteiger partial charge in [-0.1, -0.05) is 18.6 Å². The van der Waals surface area contributed by atoms with Crippen molar-refractivity contribution in [3.05, 3.63) is 35.4 Å². The summed E-state index contributed by atoms with van der Waals surface area (Å²) < 4.78 is 0. The summed E-state index contributed by atoms with van der Waals surface area (Å²) in [5, 5.41) is 3.42. The minimum atomic E-state index is 0. The lowest BCUT2D eigenvalue weighted by molar-refractivity contribution is 0.0780. The van der Waals surface area contributed by atoms with E-state index in [1.54, 1.807) is 0 Å². The molecule has 1 amide bonds. The number of nitrogens with zero attached hydrogens (tertiary/aromatic N) is 1. The summed E-state index contributed by atoms with van der Waals surface area (Å²) in [6.45, 7) is 4.23. The summed E-state index contributed by atoms with van der Waals surface area (Å²) in [5.41, 5.74) is 2.21. The Balaban J connectivity index is 0.00000156. The van der Waals surface area contributed by atoms with Crippen molar-refractivity contribution in [3.8, 4) is 0 Å². The van der Waals surface area contributed by atoms with Crippen LogP contribution in [-0.2, 0) is 6.42 Å². The van der Waals surface area contributed by atoms with Gasteiger partial charge in [-0.25, -0.2) is 0 Å². The predicted molar refractivity (Wildman–Crippen MR) is 95.1 cm³/mol. The van der Waals surface area contributed by atoms with Crippen LogP contribution in [0.1, 0.15) is 41.6 Å². The van der Waals surface area contributed by atoms with E-state index in [0.29, 0.717) is 0 Å². The summed E-state index contributed by atoms with van der Waals surface area (Å²) in [4.78, 5) is 14.9. The fourth-order valence-electron chi connectivity index (χ4n) is 4.64. The van der Waals surface area contributed by atoms with Crippen molar-refractivity contribution in [1.82, 2.24) is 10.2 Å². The molecule has 3 nitrogen and oxygen atoms in total. The SMILES string of the molecule is Cl.O=C(c1cccc(CC2CCNC2)c1)N1C[C@H]2CCC[C@H]2C1. The second-order valence-corrected chi connectivity index (χ2v) is 7.42. The van der Waals surface area contributed by atoms with Gasteiger partial charge in [0.05, 0.1) is 0 Å². The molecule has 126 valence electrons. The first kappa shape index (κ1) is 16.8. The third-order valence-corrected chi connectivity index (χ3v) is 5.87. The summed E-state index contributed by atoms with van der Waals surface area (Å²) >= 11 is 0. The first-order chi connectivity index (χ1) is 10.8. The fraction of sp³-hybridized carbons (Fsp3) is 0.632. The Kier molecular flexibility index (Phi) is 5.27. The lowest BCUT2D eigenvalue weighted by atomic mass is 9.97. The Morgan fingerprint density at radius 2 is 1.96 bits per heavy atom. The van der Waals surface area contributed by atoms with Crippen LogP contribution in [0, 0.1) is 17.8 Å². The van der Waals surface area contributed by atoms with Crippen LogP contribution in [0.2, 0.25) is 0 Å². The third-order valence-electron chi connectivity index (χ3n) is 5.87. The fourth-order valence-corrected chi connectivity index (χ4v) is 4.64. The van der Waals surface area contributed by atoms with Crippen LogP contribution < -0.4 is 5.32 Å². The van der Waals surface area contributed by atoms with Crippen molar-refractivity contribution in [3.63, 3.8) is 0 Å². The van der Waals surface area contributed by atoms with Crippen molar-refractivity contribution < 1.29 is 4.79 Å². The average Bonchev–Trinajstić information content (AvgIpc) is 3.23. The van der Waals surface area contributed by atoms with Crippen molar-refractivity contribution >= 4 is 18.3 Å². The quantitative estimate of drug-likeness (QED) is 0.921. The number of benzene rings is 1. The van der Waals surface area contributed by atoms with Gasteiger partial charge in [-0.15, -0.1) is 12.4 Å². The number of fused-ring (bicyclic) bond motifs is 1. The highest BCUT2D eigenvalue weighted by Gasteiger charge is 2.38. The minimum absolute atomic E-state index is 0. The van der Waals surface area contributed by atoms with Crippen LogP contribution in [0.25, 0.3) is 0 Å². The molecule has 1 aromatic carbocycles. The first-order valence-corrected chi connectivity index (χ1v) is 8.88. The lowest BCUT2D eigenvalue weighted by Gasteiger charge is -2.18. The van der Waals surface area contributed by atoms with Gasteiger partial charge in [0.1, 0.15) is 0 Å². The maximum absolute atomic E-state index is 12.8. The molecule has 0 radical (unpaired) electrons. The van der Waals surface area contributed by atoms with Crippen LogP contribution in [0.4, 0.5) is 0 Å². The summed E-state index contributed by atoms with van der Waals surface area (Å²) in [6, 6.07) is 8.36. The predicted octanol–water partition coefficient (Wildman–Crippen LogP) is 3.13. The van der Waals surface area contributed by atoms with E-state index in [-0.39, 0.29) is 18.3 Å². The highest BCUT2D eigenvalue weighted by Crippen LogP contribution is 2.38. The van der Waals surface area contributed by atoms with Gasteiger partial charge >= 0.3 is 0 Å². The normalized spacial score (nSPS) is 29.4. The molecular formula is C19H27ClN2O. The number of hydrogen-bond donors (Lipinski definition) is 1. The van der Waals surface area contributed by atoms with Crippen LogP contribution >= 0.6 is 12.4 Å². The molecule has 0 bridgehead atoms. The summed E-state index contributed by atoms with van der Waals surface area (Å²) in [7, 11) is 0. The Morgan fingerprint density at radius 1 is 1.17 bits per heavy atom. The van der Waals surface area contributed by atoms with Gasteiger partial charge in [-0.05, 0) is 74.2 Å². The average molecular weight is 335 g/mol. The number of likely N-dealkylation sites (tertiary alicyclic amines) is 1. The molecule has 4 heteroatoms. The minimum Gasteiger partial charge on any atom is -0.338 e. The maximum atomic E-state index is 12.8. The third kappa shape index (κ3) is 3.56. The van der Waals surface area contributed by atoms with Crippen molar-refractivity contribution in [1.29, 1.82) is 0 Å². The van der Waals surface area contributed by atoms with E-state index < -0.39 is 0 Å². The first-order valence-electron chi connectivity index (χ1n) is 8.88. The van der Waals surface area contributed by atoms with Crippen molar-refractivity contribution in [2.75, 3.05) is 26.2 Å². The molecule has 4 rings (SSSR count). The molecule has 0 aromatic heterocycles. The second-order valence-electron chi connectivity index (χ2n) is 7.42. The number of carbonyl (C=O) groups is 1. The molecule has 3 atom stereocenters. The van der Waals surface area contributed by atoms with Gasteiger partial charge in [0.15, 0.2) is 0 Å². The van der Waals surface area contributed by atoms with Gasteiger partial charge in [0.25, 0.3) is 5.91 Å². The number of carbonyl (C=O) groups excluding carboxylic acids is 1. The molecule has 0 spiro atoms. The molecule has 1 N–H and O–H groups in total. The Morgan fingerprint density at radius 3 is 2.65 bits per heavy atom. The maximum Gasteiger partial charge on any atom is 0.253 e. The number of amides is 1. The second kappa shape index (κ2) is 7.23. The van der Waals surface area contributed by atoms with Crippen LogP contribution in [0.15, 0.2) is 24.3 Å². The van der Waals surface area contributed by atoms with Crippen LogP contribution in [0.5, 0.6) is 0 Å². The van der Waals surface area contributed by atoms with Gasteiger partial charge < -0.3 is 10.2 Å². The van der Waals surface area contributed by atoms with Crippen molar-refractivity contribution in [2.45, 2.75) is 32.1 Å². The molecule has 1 aromatic rings. The molecule has 2 aliphatic heterocycles. The monoisotopic (exact) mass is 334 g/mol.